The first-order valence-electron chi connectivity index (χ1n) is 12.1. The summed E-state index contributed by atoms with van der Waals surface area (Å²) < 4.78 is 6.02. The number of carbonyl (C=O) groups excluding carboxylic acids is 4. The molecule has 3 aliphatic carbocycles. The van der Waals surface area contributed by atoms with Crippen LogP contribution in [0.1, 0.15) is 39.7 Å². The third-order valence-corrected chi connectivity index (χ3v) is 8.15. The number of anilines is 1. The second kappa shape index (κ2) is 8.95. The Balaban J connectivity index is 1.18. The number of halogens is 1. The maximum absolute atomic E-state index is 13.6. The summed E-state index contributed by atoms with van der Waals surface area (Å²) in [5.41, 5.74) is 5.72. The van der Waals surface area contributed by atoms with Crippen LogP contribution in [-0.4, -0.2) is 41.7 Å². The molecule has 2 atom stereocenters. The molecule has 1 aliphatic heterocycles. The van der Waals surface area contributed by atoms with Crippen molar-refractivity contribution in [3.05, 3.63) is 99.0 Å². The lowest BCUT2D eigenvalue weighted by atomic mass is 9.55. The fourth-order valence-corrected chi connectivity index (χ4v) is 6.64. The summed E-state index contributed by atoms with van der Waals surface area (Å²) in [6, 6.07) is 21.3. The van der Waals surface area contributed by atoms with Crippen molar-refractivity contribution in [3.63, 3.8) is 0 Å². The van der Waals surface area contributed by atoms with Gasteiger partial charge in [-0.15, -0.1) is 0 Å². The Morgan fingerprint density at radius 2 is 1.38 bits per heavy atom. The van der Waals surface area contributed by atoms with Gasteiger partial charge in [0, 0.05) is 22.0 Å². The molecular formula is C29H23BrN2O5. The number of imide groups is 1. The van der Waals surface area contributed by atoms with E-state index in [1.165, 1.54) is 0 Å². The fraction of sp³-hybridized carbons (Fsp3) is 0.241. The third kappa shape index (κ3) is 3.78. The topological polar surface area (TPSA) is 92.8 Å². The van der Waals surface area contributed by atoms with Gasteiger partial charge in [-0.1, -0.05) is 64.5 Å². The maximum atomic E-state index is 13.6. The van der Waals surface area contributed by atoms with Crippen LogP contribution in [0.5, 0.6) is 0 Å². The minimum absolute atomic E-state index is 0.236. The van der Waals surface area contributed by atoms with Crippen molar-refractivity contribution in [2.24, 2.45) is 11.8 Å². The van der Waals surface area contributed by atoms with Gasteiger partial charge >= 0.3 is 5.97 Å². The number of carbonyl (C=O) groups is 4. The lowest BCUT2D eigenvalue weighted by molar-refractivity contribution is -0.154. The van der Waals surface area contributed by atoms with E-state index in [0.717, 1.165) is 37.2 Å². The molecule has 186 valence electrons. The predicted octanol–water partition coefficient (Wildman–Crippen LogP) is 4.13. The highest BCUT2D eigenvalue weighted by Gasteiger charge is 2.61. The van der Waals surface area contributed by atoms with E-state index in [0.29, 0.717) is 5.69 Å². The molecule has 0 unspecified atom stereocenters. The van der Waals surface area contributed by atoms with E-state index in [1.807, 2.05) is 61.5 Å². The van der Waals surface area contributed by atoms with Crippen LogP contribution in [0.2, 0.25) is 0 Å². The summed E-state index contributed by atoms with van der Waals surface area (Å²) in [6.45, 7) is 0.820. The standard InChI is InChI=1S/C29H23BrN2O5/c1-15-12-16(30)10-11-21(15)31-22(33)14-37-23(34)13-32-28(35)26-24-17-6-2-3-7-18(17)25(27(26)29(32)36)20-9-5-4-8-19(20)24/h2-12,24-27H,13-14H2,1H3,(H,31,33)/t24?,25?,26-,27+. The molecule has 0 radical (unpaired) electrons. The highest BCUT2D eigenvalue weighted by Crippen LogP contribution is 2.60. The van der Waals surface area contributed by atoms with E-state index in [9.17, 15) is 19.2 Å². The smallest absolute Gasteiger partial charge is 0.326 e. The third-order valence-electron chi connectivity index (χ3n) is 7.65. The molecule has 1 fully saturated rings. The van der Waals surface area contributed by atoms with Gasteiger partial charge in [0.2, 0.25) is 11.8 Å². The van der Waals surface area contributed by atoms with Crippen LogP contribution < -0.4 is 5.32 Å². The van der Waals surface area contributed by atoms with Crippen LogP contribution in [0.3, 0.4) is 0 Å². The molecule has 3 amide bonds. The molecule has 7 nitrogen and oxygen atoms in total. The lowest BCUT2D eigenvalue weighted by Crippen LogP contribution is -2.41. The summed E-state index contributed by atoms with van der Waals surface area (Å²) in [6.07, 6.45) is 0. The molecule has 0 saturated carbocycles. The molecular weight excluding hydrogens is 536 g/mol. The van der Waals surface area contributed by atoms with Crippen LogP contribution in [0.15, 0.2) is 71.2 Å². The van der Waals surface area contributed by atoms with Crippen molar-refractivity contribution >= 4 is 45.3 Å². The van der Waals surface area contributed by atoms with E-state index < -0.39 is 36.9 Å². The maximum Gasteiger partial charge on any atom is 0.326 e. The number of hydrogen-bond acceptors (Lipinski definition) is 5. The van der Waals surface area contributed by atoms with Crippen molar-refractivity contribution in [2.45, 2.75) is 18.8 Å². The quantitative estimate of drug-likeness (QED) is 0.375. The zero-order chi connectivity index (χ0) is 25.8. The summed E-state index contributed by atoms with van der Waals surface area (Å²) in [5.74, 6) is -3.61. The second-order valence-electron chi connectivity index (χ2n) is 9.70. The molecule has 37 heavy (non-hydrogen) atoms. The predicted molar refractivity (Wildman–Crippen MR) is 139 cm³/mol. The van der Waals surface area contributed by atoms with Gasteiger partial charge in [0.25, 0.3) is 5.91 Å². The molecule has 1 N–H and O–H groups in total. The number of nitrogens with one attached hydrogen (secondary N) is 1. The van der Waals surface area contributed by atoms with Crippen LogP contribution in [0, 0.1) is 18.8 Å². The Hall–Kier alpha value is -3.78. The summed E-state index contributed by atoms with van der Waals surface area (Å²) in [5, 5.41) is 2.70. The number of amides is 3. The molecule has 1 heterocycles. The molecule has 4 aliphatic rings. The number of hydrogen-bond donors (Lipinski definition) is 1. The van der Waals surface area contributed by atoms with E-state index >= 15 is 0 Å². The van der Waals surface area contributed by atoms with Gasteiger partial charge in [0.15, 0.2) is 6.61 Å². The highest BCUT2D eigenvalue weighted by molar-refractivity contribution is 9.10. The SMILES string of the molecule is Cc1cc(Br)ccc1NC(=O)COC(=O)CN1C(=O)[C@@H]2C3c4ccccc4C(c4ccccc43)[C@@H]2C1=O. The molecule has 8 heteroatoms. The van der Waals surface area contributed by atoms with Gasteiger partial charge in [0.05, 0.1) is 11.8 Å². The summed E-state index contributed by atoms with van der Waals surface area (Å²) in [4.78, 5) is 53.1. The van der Waals surface area contributed by atoms with Crippen molar-refractivity contribution < 1.29 is 23.9 Å². The summed E-state index contributed by atoms with van der Waals surface area (Å²) in [7, 11) is 0. The number of likely N-dealkylation sites (tertiary alicyclic amines) is 1. The molecule has 7 rings (SSSR count). The number of aryl methyl sites for hydroxylation is 1. The zero-order valence-electron chi connectivity index (χ0n) is 19.9. The Morgan fingerprint density at radius 1 is 0.865 bits per heavy atom. The van der Waals surface area contributed by atoms with Crippen LogP contribution >= 0.6 is 15.9 Å². The van der Waals surface area contributed by atoms with Gasteiger partial charge in [-0.25, -0.2) is 0 Å². The van der Waals surface area contributed by atoms with Crippen LogP contribution in [-0.2, 0) is 23.9 Å². The first-order valence-corrected chi connectivity index (χ1v) is 12.9. The van der Waals surface area contributed by atoms with Crippen LogP contribution in [0.25, 0.3) is 0 Å². The van der Waals surface area contributed by atoms with Gasteiger partial charge in [0.1, 0.15) is 6.54 Å². The first-order chi connectivity index (χ1) is 17.8. The average molecular weight is 559 g/mol. The van der Waals surface area contributed by atoms with E-state index in [-0.39, 0.29) is 23.7 Å². The number of esters is 1. The highest BCUT2D eigenvalue weighted by atomic mass is 79.9. The molecule has 2 bridgehead atoms. The Labute approximate surface area is 221 Å². The number of rotatable bonds is 5. The minimum Gasteiger partial charge on any atom is -0.454 e. The number of ether oxygens (including phenoxy) is 1. The van der Waals surface area contributed by atoms with E-state index in [1.54, 1.807) is 12.1 Å². The average Bonchev–Trinajstić information content (AvgIpc) is 3.14. The normalized spacial score (nSPS) is 22.8. The van der Waals surface area contributed by atoms with Gasteiger partial charge in [-0.05, 0) is 52.9 Å². The number of nitrogens with zero attached hydrogens (tertiary/aromatic N) is 1. The first kappa shape index (κ1) is 23.6. The van der Waals surface area contributed by atoms with Crippen LogP contribution in [0.4, 0.5) is 5.69 Å². The largest absolute Gasteiger partial charge is 0.454 e. The zero-order valence-corrected chi connectivity index (χ0v) is 21.5. The van der Waals surface area contributed by atoms with Crippen molar-refractivity contribution in [1.29, 1.82) is 0 Å². The molecule has 0 spiro atoms. The van der Waals surface area contributed by atoms with E-state index in [2.05, 4.69) is 21.2 Å². The molecule has 1 saturated heterocycles. The van der Waals surface area contributed by atoms with Crippen molar-refractivity contribution in [1.82, 2.24) is 4.90 Å². The Kier molecular flexibility index (Phi) is 5.71. The van der Waals surface area contributed by atoms with E-state index in [4.69, 9.17) is 4.74 Å². The number of benzene rings is 3. The molecule has 3 aromatic rings. The monoisotopic (exact) mass is 558 g/mol. The van der Waals surface area contributed by atoms with Gasteiger partial charge < -0.3 is 10.1 Å². The Bertz CT molecular complexity index is 1370. The fourth-order valence-electron chi connectivity index (χ4n) is 6.17. The Morgan fingerprint density at radius 3 is 1.86 bits per heavy atom. The second-order valence-corrected chi connectivity index (χ2v) is 10.6. The summed E-state index contributed by atoms with van der Waals surface area (Å²) >= 11 is 3.37. The van der Waals surface area contributed by atoms with Crippen molar-refractivity contribution in [3.8, 4) is 0 Å². The lowest BCUT2D eigenvalue weighted by Gasteiger charge is -2.45. The van der Waals surface area contributed by atoms with Crippen molar-refractivity contribution in [2.75, 3.05) is 18.5 Å². The van der Waals surface area contributed by atoms with Gasteiger partial charge in [-0.3, -0.25) is 24.1 Å². The van der Waals surface area contributed by atoms with Gasteiger partial charge in [-0.2, -0.15) is 0 Å². The molecule has 3 aromatic carbocycles. The molecule has 0 aromatic heterocycles. The minimum atomic E-state index is -0.801.